The Morgan fingerprint density at radius 3 is 2.08 bits per heavy atom. The monoisotopic (exact) mass is 545 g/mol. The molecular formula is C31H33F2N5O2. The third-order valence-electron chi connectivity index (χ3n) is 6.19. The molecule has 3 aromatic heterocycles. The fourth-order valence-corrected chi connectivity index (χ4v) is 3.84. The van der Waals surface area contributed by atoms with Gasteiger partial charge >= 0.3 is 0 Å². The number of aryl methyl sites for hydroxylation is 1. The summed E-state index contributed by atoms with van der Waals surface area (Å²) >= 11 is 0. The number of nitrogens with one attached hydrogen (secondary N) is 1. The van der Waals surface area contributed by atoms with E-state index in [0.29, 0.717) is 17.0 Å². The van der Waals surface area contributed by atoms with E-state index < -0.39 is 5.67 Å². The number of aldehydes is 1. The number of benzene rings is 1. The Hall–Kier alpha value is -4.53. The number of anilines is 1. The number of alkyl halides is 1. The molecular weight excluding hydrogens is 512 g/mol. The topological polar surface area (TPSA) is 111 Å². The van der Waals surface area contributed by atoms with Gasteiger partial charge in [-0.25, -0.2) is 13.8 Å². The summed E-state index contributed by atoms with van der Waals surface area (Å²) in [6.45, 7) is 4.75. The number of carbonyl (C=O) groups is 2. The molecule has 4 aromatic rings. The van der Waals surface area contributed by atoms with Gasteiger partial charge in [0, 0.05) is 42.7 Å². The first kappa shape index (κ1) is 30.0. The normalized spacial score (nSPS) is 12.2. The molecule has 0 atom stereocenters. The molecule has 1 saturated carbocycles. The van der Waals surface area contributed by atoms with Gasteiger partial charge in [0.25, 0.3) is 0 Å². The summed E-state index contributed by atoms with van der Waals surface area (Å²) in [4.78, 5) is 31.0. The zero-order chi connectivity index (χ0) is 29.3. The van der Waals surface area contributed by atoms with E-state index in [4.69, 9.17) is 4.79 Å². The van der Waals surface area contributed by atoms with Gasteiger partial charge in [-0.3, -0.25) is 14.8 Å². The molecule has 0 aliphatic heterocycles. The number of nitrogens with two attached hydrogens (primary N) is 1. The van der Waals surface area contributed by atoms with Crippen molar-refractivity contribution in [2.45, 2.75) is 39.3 Å². The number of aromatic nitrogens is 3. The van der Waals surface area contributed by atoms with Crippen molar-refractivity contribution in [3.05, 3.63) is 84.2 Å². The van der Waals surface area contributed by atoms with Crippen molar-refractivity contribution in [3.8, 4) is 33.5 Å². The number of halogens is 2. The van der Waals surface area contributed by atoms with Gasteiger partial charge in [0.1, 0.15) is 23.6 Å². The van der Waals surface area contributed by atoms with E-state index in [9.17, 15) is 13.6 Å². The molecule has 0 unspecified atom stereocenters. The van der Waals surface area contributed by atoms with Crippen molar-refractivity contribution in [2.75, 3.05) is 12.4 Å². The number of amides is 1. The second-order valence-corrected chi connectivity index (χ2v) is 9.77. The number of rotatable bonds is 6. The first-order valence-electron chi connectivity index (χ1n) is 12.8. The summed E-state index contributed by atoms with van der Waals surface area (Å²) < 4.78 is 29.4. The van der Waals surface area contributed by atoms with E-state index in [-0.39, 0.29) is 17.9 Å². The summed E-state index contributed by atoms with van der Waals surface area (Å²) in [6, 6.07) is 14.3. The molecule has 0 bridgehead atoms. The number of hydrogen-bond donors (Lipinski definition) is 2. The van der Waals surface area contributed by atoms with Crippen LogP contribution in [-0.2, 0) is 15.3 Å². The summed E-state index contributed by atoms with van der Waals surface area (Å²) in [5, 5.41) is 3.03. The van der Waals surface area contributed by atoms with E-state index >= 15 is 0 Å². The maximum Gasteiger partial charge on any atom is 0.204 e. The first-order valence-corrected chi connectivity index (χ1v) is 12.8. The minimum Gasteiger partial charge on any atom is -0.373 e. The van der Waals surface area contributed by atoms with Crippen LogP contribution in [0, 0.1) is 18.7 Å². The van der Waals surface area contributed by atoms with Gasteiger partial charge in [0.05, 0.1) is 11.4 Å². The average molecular weight is 546 g/mol. The molecule has 3 N–H and O–H groups in total. The maximum atomic E-state index is 14.9. The second-order valence-electron chi connectivity index (χ2n) is 9.77. The van der Waals surface area contributed by atoms with Crippen molar-refractivity contribution < 1.29 is 18.4 Å². The fraction of sp³-hybridized carbons (Fsp3) is 0.258. The molecule has 0 spiro atoms. The van der Waals surface area contributed by atoms with Gasteiger partial charge < -0.3 is 15.8 Å². The molecule has 3 heterocycles. The van der Waals surface area contributed by atoms with E-state index in [0.717, 1.165) is 52.9 Å². The standard InChI is InChI=1S/C26H24F2N4.C4H6O.CH3NO/c1-16-11-22(27)21(18-6-9-31-24(13-18)26(2,3)28)15-20(16)17-5-8-30-23(12-17)19-7-10-32-25(14-19)29-4;5-3-4-1-2-4;2-1-3/h5-15H,1-4H3,(H,29,32);3-4H,1-2H2;1H,(H2,2,3). The summed E-state index contributed by atoms with van der Waals surface area (Å²) in [5.74, 6) is 0.844. The predicted molar refractivity (Wildman–Crippen MR) is 154 cm³/mol. The second kappa shape index (κ2) is 13.5. The summed E-state index contributed by atoms with van der Waals surface area (Å²) in [5.41, 5.74) is 8.11. The Morgan fingerprint density at radius 2 is 1.50 bits per heavy atom. The molecule has 40 heavy (non-hydrogen) atoms. The minimum absolute atomic E-state index is 0.250. The Labute approximate surface area is 232 Å². The Morgan fingerprint density at radius 1 is 0.900 bits per heavy atom. The molecule has 0 saturated heterocycles. The van der Waals surface area contributed by atoms with Crippen LogP contribution in [0.15, 0.2) is 67.1 Å². The van der Waals surface area contributed by atoms with Crippen molar-refractivity contribution in [2.24, 2.45) is 11.7 Å². The van der Waals surface area contributed by atoms with Crippen LogP contribution in [-0.4, -0.2) is 34.7 Å². The van der Waals surface area contributed by atoms with E-state index in [1.807, 2.05) is 38.2 Å². The highest BCUT2D eigenvalue weighted by Crippen LogP contribution is 2.34. The number of carbonyl (C=O) groups excluding carboxylic acids is 2. The average Bonchev–Trinajstić information content (AvgIpc) is 3.79. The van der Waals surface area contributed by atoms with Gasteiger partial charge in [0.2, 0.25) is 6.41 Å². The Balaban J connectivity index is 0.000000480. The fourth-order valence-electron chi connectivity index (χ4n) is 3.84. The minimum atomic E-state index is -1.61. The molecule has 1 aromatic carbocycles. The van der Waals surface area contributed by atoms with Gasteiger partial charge in [0.15, 0.2) is 0 Å². The van der Waals surface area contributed by atoms with E-state index in [1.165, 1.54) is 26.1 Å². The summed E-state index contributed by atoms with van der Waals surface area (Å²) in [7, 11) is 1.81. The van der Waals surface area contributed by atoms with Gasteiger partial charge in [-0.2, -0.15) is 0 Å². The van der Waals surface area contributed by atoms with Crippen LogP contribution in [0.3, 0.4) is 0 Å². The summed E-state index contributed by atoms with van der Waals surface area (Å²) in [6.07, 6.45) is 8.54. The highest BCUT2D eigenvalue weighted by atomic mass is 19.1. The molecule has 5 rings (SSSR count). The lowest BCUT2D eigenvalue weighted by Gasteiger charge is -2.16. The van der Waals surface area contributed by atoms with Crippen molar-refractivity contribution in [1.82, 2.24) is 15.0 Å². The van der Waals surface area contributed by atoms with Crippen LogP contribution in [0.1, 0.15) is 37.9 Å². The zero-order valence-electron chi connectivity index (χ0n) is 23.0. The van der Waals surface area contributed by atoms with Crippen LogP contribution in [0.25, 0.3) is 33.5 Å². The van der Waals surface area contributed by atoms with Crippen LogP contribution < -0.4 is 11.1 Å². The molecule has 7 nitrogen and oxygen atoms in total. The zero-order valence-corrected chi connectivity index (χ0v) is 23.0. The third-order valence-corrected chi connectivity index (χ3v) is 6.19. The highest BCUT2D eigenvalue weighted by Gasteiger charge is 2.22. The smallest absolute Gasteiger partial charge is 0.204 e. The number of nitrogens with zero attached hydrogens (tertiary/aromatic N) is 3. The van der Waals surface area contributed by atoms with Gasteiger partial charge in [-0.15, -0.1) is 0 Å². The largest absolute Gasteiger partial charge is 0.373 e. The highest BCUT2D eigenvalue weighted by molar-refractivity contribution is 5.78. The molecule has 208 valence electrons. The Bertz CT molecular complexity index is 1470. The molecule has 1 fully saturated rings. The number of primary amides is 1. The van der Waals surface area contributed by atoms with E-state index in [1.54, 1.807) is 30.6 Å². The lowest BCUT2D eigenvalue weighted by molar-refractivity contribution is -0.109. The van der Waals surface area contributed by atoms with Crippen LogP contribution in [0.5, 0.6) is 0 Å². The van der Waals surface area contributed by atoms with Crippen molar-refractivity contribution >= 4 is 18.5 Å². The lowest BCUT2D eigenvalue weighted by atomic mass is 9.93. The molecule has 1 aliphatic carbocycles. The number of hydrogen-bond acceptors (Lipinski definition) is 6. The van der Waals surface area contributed by atoms with Crippen LogP contribution in [0.4, 0.5) is 14.6 Å². The van der Waals surface area contributed by atoms with Crippen LogP contribution in [0.2, 0.25) is 0 Å². The van der Waals surface area contributed by atoms with Gasteiger partial charge in [-0.05, 0) is 104 Å². The number of pyridine rings is 3. The molecule has 0 radical (unpaired) electrons. The van der Waals surface area contributed by atoms with Crippen LogP contribution >= 0.6 is 0 Å². The first-order chi connectivity index (χ1) is 19.1. The maximum absolute atomic E-state index is 14.9. The lowest BCUT2D eigenvalue weighted by Crippen LogP contribution is -2.11. The predicted octanol–water partition coefficient (Wildman–Crippen LogP) is 6.26. The van der Waals surface area contributed by atoms with Crippen molar-refractivity contribution in [3.63, 3.8) is 0 Å². The quantitative estimate of drug-likeness (QED) is 0.277. The molecule has 9 heteroatoms. The SMILES string of the molecule is CNc1cc(-c2cc(-c3cc(-c4ccnc(C(C)(C)F)c4)c(F)cc3C)ccn2)ccn1.NC=O.O=CC1CC1. The van der Waals surface area contributed by atoms with Crippen molar-refractivity contribution in [1.29, 1.82) is 0 Å². The molecule has 1 amide bonds. The third kappa shape index (κ3) is 7.99. The molecule has 1 aliphatic rings. The Kier molecular flexibility index (Phi) is 10.1. The van der Waals surface area contributed by atoms with Gasteiger partial charge in [-0.1, -0.05) is 0 Å². The van der Waals surface area contributed by atoms with E-state index in [2.05, 4.69) is 26.0 Å².